The number of nitrogens with two attached hydrogens (primary N) is 1. The fraction of sp³-hybridized carbons (Fsp3) is 0.688. The zero-order valence-corrected chi connectivity index (χ0v) is 13.3. The Balaban J connectivity index is 2.19. The molecule has 2 aliphatic rings. The maximum atomic E-state index is 11.7. The van der Waals surface area contributed by atoms with Crippen LogP contribution in [-0.4, -0.2) is 58.3 Å². The summed E-state index contributed by atoms with van der Waals surface area (Å²) in [4.78, 5) is 11.7. The Morgan fingerprint density at radius 1 is 1.48 bits per heavy atom. The van der Waals surface area contributed by atoms with Gasteiger partial charge in [0.05, 0.1) is 12.6 Å². The molecule has 2 rings (SSSR count). The second-order valence-electron chi connectivity index (χ2n) is 6.06. The van der Waals surface area contributed by atoms with Crippen molar-refractivity contribution in [2.75, 3.05) is 6.61 Å². The van der Waals surface area contributed by atoms with Gasteiger partial charge in [0.15, 0.2) is 0 Å². The minimum absolute atomic E-state index is 0.134. The van der Waals surface area contributed by atoms with Gasteiger partial charge >= 0.3 is 0 Å². The number of amides is 1. The van der Waals surface area contributed by atoms with Crippen LogP contribution in [0.5, 0.6) is 0 Å². The third-order valence-electron chi connectivity index (χ3n) is 4.27. The molecule has 0 bridgehead atoms. The first-order valence-corrected chi connectivity index (χ1v) is 8.05. The first kappa shape index (κ1) is 17.9. The summed E-state index contributed by atoms with van der Waals surface area (Å²) in [7, 11) is 0. The normalized spacial score (nSPS) is 35.1. The van der Waals surface area contributed by atoms with Gasteiger partial charge < -0.3 is 31.1 Å². The van der Waals surface area contributed by atoms with Crippen molar-refractivity contribution in [2.24, 2.45) is 5.73 Å². The molecular formula is C16H26N2O5. The number of aliphatic hydroxyl groups is 3. The molecular weight excluding hydrogens is 300 g/mol. The van der Waals surface area contributed by atoms with Crippen LogP contribution in [0.2, 0.25) is 0 Å². The number of unbranched alkanes of at least 4 members (excludes halogenated alkanes) is 1. The molecule has 0 aliphatic carbocycles. The van der Waals surface area contributed by atoms with Crippen LogP contribution in [-0.2, 0) is 9.53 Å². The summed E-state index contributed by atoms with van der Waals surface area (Å²) in [6, 6.07) is -0.475. The molecule has 1 amide bonds. The number of carbonyl (C=O) groups is 1. The quantitative estimate of drug-likeness (QED) is 0.412. The molecule has 7 heteroatoms. The summed E-state index contributed by atoms with van der Waals surface area (Å²) in [5.41, 5.74) is 7.32. The molecule has 1 saturated heterocycles. The minimum Gasteiger partial charge on any atom is -0.402 e. The predicted octanol–water partition coefficient (Wildman–Crippen LogP) is -0.684. The second-order valence-corrected chi connectivity index (χ2v) is 6.06. The molecule has 1 fully saturated rings. The molecule has 7 nitrogen and oxygen atoms in total. The molecule has 1 unspecified atom stereocenters. The lowest BCUT2D eigenvalue weighted by Gasteiger charge is -2.29. The third kappa shape index (κ3) is 4.11. The average molecular weight is 326 g/mol. The van der Waals surface area contributed by atoms with Crippen molar-refractivity contribution in [1.82, 2.24) is 5.32 Å². The largest absolute Gasteiger partial charge is 0.402 e. The molecule has 0 radical (unpaired) electrons. The summed E-state index contributed by atoms with van der Waals surface area (Å²) < 4.78 is 5.56. The van der Waals surface area contributed by atoms with Crippen molar-refractivity contribution in [3.8, 4) is 0 Å². The molecule has 2 heterocycles. The number of carbonyl (C=O) groups excluding carboxylic acids is 1. The first-order valence-electron chi connectivity index (χ1n) is 8.05. The number of ether oxygens (including phenoxy) is 1. The van der Waals surface area contributed by atoms with Crippen LogP contribution in [0.15, 0.2) is 23.4 Å². The molecule has 5 atom stereocenters. The fourth-order valence-electron chi connectivity index (χ4n) is 2.94. The maximum Gasteiger partial charge on any atom is 0.224 e. The van der Waals surface area contributed by atoms with Gasteiger partial charge in [0, 0.05) is 12.1 Å². The third-order valence-corrected chi connectivity index (χ3v) is 4.27. The molecule has 6 N–H and O–H groups in total. The van der Waals surface area contributed by atoms with Gasteiger partial charge in [-0.1, -0.05) is 19.4 Å². The van der Waals surface area contributed by atoms with Gasteiger partial charge in [-0.2, -0.15) is 0 Å². The number of aliphatic hydroxyl groups excluding tert-OH is 3. The summed E-state index contributed by atoms with van der Waals surface area (Å²) in [5, 5.41) is 32.1. The van der Waals surface area contributed by atoms with Crippen LogP contribution in [0.4, 0.5) is 0 Å². The number of hydrogen-bond acceptors (Lipinski definition) is 6. The molecule has 0 aromatic rings. The lowest BCUT2D eigenvalue weighted by molar-refractivity contribution is -0.121. The topological polar surface area (TPSA) is 125 Å². The van der Waals surface area contributed by atoms with Gasteiger partial charge in [0.1, 0.15) is 24.4 Å². The molecule has 0 aromatic heterocycles. The van der Waals surface area contributed by atoms with Crippen LogP contribution >= 0.6 is 0 Å². The van der Waals surface area contributed by atoms with Gasteiger partial charge in [-0.3, -0.25) is 4.79 Å². The van der Waals surface area contributed by atoms with Gasteiger partial charge in [-0.15, -0.1) is 0 Å². The first-order chi connectivity index (χ1) is 11.0. The van der Waals surface area contributed by atoms with Crippen molar-refractivity contribution >= 4 is 5.91 Å². The Hall–Kier alpha value is -1.41. The van der Waals surface area contributed by atoms with Crippen LogP contribution in [0.25, 0.3) is 0 Å². The van der Waals surface area contributed by atoms with E-state index in [0.29, 0.717) is 11.3 Å². The van der Waals surface area contributed by atoms with E-state index < -0.39 is 30.5 Å². The fourth-order valence-corrected chi connectivity index (χ4v) is 2.94. The van der Waals surface area contributed by atoms with E-state index in [0.717, 1.165) is 19.3 Å². The van der Waals surface area contributed by atoms with Gasteiger partial charge in [0.2, 0.25) is 5.91 Å². The summed E-state index contributed by atoms with van der Waals surface area (Å²) in [5.74, 6) is -0.134. The van der Waals surface area contributed by atoms with E-state index in [9.17, 15) is 20.1 Å². The lowest BCUT2D eigenvalue weighted by atomic mass is 9.91. The van der Waals surface area contributed by atoms with Crippen molar-refractivity contribution in [1.29, 1.82) is 0 Å². The maximum absolute atomic E-state index is 11.7. The highest BCUT2D eigenvalue weighted by atomic mass is 16.6. The lowest BCUT2D eigenvalue weighted by Crippen LogP contribution is -2.44. The average Bonchev–Trinajstić information content (AvgIpc) is 2.81. The molecule has 23 heavy (non-hydrogen) atoms. The van der Waals surface area contributed by atoms with Gasteiger partial charge in [0.25, 0.3) is 0 Å². The SMILES string of the molecule is CCCC/C(N)=C/C1NC(=O)CC=C1[C@@H]1O[C@H](CO)[C@H](O)[C@@H]1O. The van der Waals surface area contributed by atoms with Crippen molar-refractivity contribution in [3.05, 3.63) is 23.4 Å². The standard InChI is InChI=1S/C16H26N2O5/c1-2-3-4-9(17)7-11-10(5-6-13(20)18-11)16-15(22)14(21)12(8-19)23-16/h5,7,11-12,14-16,19,21-22H,2-4,6,8,17H2,1H3,(H,18,20)/b9-7-/t11?,12-,14+,15+,16+/m1/s1. The molecule has 0 saturated carbocycles. The smallest absolute Gasteiger partial charge is 0.224 e. The Morgan fingerprint density at radius 3 is 2.83 bits per heavy atom. The predicted molar refractivity (Wildman–Crippen MR) is 84.2 cm³/mol. The van der Waals surface area contributed by atoms with Crippen LogP contribution in [0.3, 0.4) is 0 Å². The monoisotopic (exact) mass is 326 g/mol. The summed E-state index contributed by atoms with van der Waals surface area (Å²) in [6.45, 7) is 1.69. The zero-order valence-electron chi connectivity index (χ0n) is 13.3. The van der Waals surface area contributed by atoms with Crippen LogP contribution < -0.4 is 11.1 Å². The Labute approximate surface area is 135 Å². The number of allylic oxidation sites excluding steroid dienone is 1. The number of hydrogen-bond donors (Lipinski definition) is 5. The van der Waals surface area contributed by atoms with Crippen molar-refractivity contribution in [3.63, 3.8) is 0 Å². The van der Waals surface area contributed by atoms with Gasteiger partial charge in [-0.05, 0) is 24.5 Å². The molecule has 2 aliphatic heterocycles. The van der Waals surface area contributed by atoms with Crippen LogP contribution in [0.1, 0.15) is 32.6 Å². The Morgan fingerprint density at radius 2 is 2.22 bits per heavy atom. The second kappa shape index (κ2) is 7.92. The van der Waals surface area contributed by atoms with E-state index in [2.05, 4.69) is 12.2 Å². The van der Waals surface area contributed by atoms with Crippen molar-refractivity contribution in [2.45, 2.75) is 63.1 Å². The molecule has 0 aromatic carbocycles. The van der Waals surface area contributed by atoms with E-state index in [1.54, 1.807) is 12.2 Å². The Bertz CT molecular complexity index is 491. The summed E-state index contributed by atoms with van der Waals surface area (Å²) in [6.07, 6.45) is 2.41. The highest BCUT2D eigenvalue weighted by Crippen LogP contribution is 2.30. The van der Waals surface area contributed by atoms with Gasteiger partial charge in [-0.25, -0.2) is 0 Å². The van der Waals surface area contributed by atoms with E-state index in [1.807, 2.05) is 0 Å². The zero-order chi connectivity index (χ0) is 17.0. The molecule has 0 spiro atoms. The summed E-state index contributed by atoms with van der Waals surface area (Å²) >= 11 is 0. The Kier molecular flexibility index (Phi) is 6.17. The minimum atomic E-state index is -1.16. The van der Waals surface area contributed by atoms with E-state index in [4.69, 9.17) is 10.5 Å². The molecule has 130 valence electrons. The van der Waals surface area contributed by atoms with E-state index in [1.165, 1.54) is 0 Å². The highest BCUT2D eigenvalue weighted by Gasteiger charge is 2.45. The highest BCUT2D eigenvalue weighted by molar-refractivity contribution is 5.80. The van der Waals surface area contributed by atoms with Crippen molar-refractivity contribution < 1.29 is 24.9 Å². The van der Waals surface area contributed by atoms with E-state index in [-0.39, 0.29) is 18.9 Å². The van der Waals surface area contributed by atoms with Crippen LogP contribution in [0, 0.1) is 0 Å². The van der Waals surface area contributed by atoms with E-state index >= 15 is 0 Å². The number of rotatable bonds is 6. The number of nitrogens with one attached hydrogen (secondary N) is 1.